The van der Waals surface area contributed by atoms with E-state index in [1.54, 1.807) is 31.2 Å². The van der Waals surface area contributed by atoms with E-state index in [4.69, 9.17) is 14.2 Å². The molecule has 3 rings (SSSR count). The molecule has 0 N–H and O–H groups in total. The minimum atomic E-state index is -4.91. The van der Waals surface area contributed by atoms with Gasteiger partial charge in [-0.1, -0.05) is 24.3 Å². The lowest BCUT2D eigenvalue weighted by atomic mass is 10.2. The highest BCUT2D eigenvalue weighted by atomic mass is 19.4. The van der Waals surface area contributed by atoms with Crippen LogP contribution in [0.2, 0.25) is 0 Å². The van der Waals surface area contributed by atoms with Crippen LogP contribution in [-0.4, -0.2) is 55.3 Å². The van der Waals surface area contributed by atoms with Crippen LogP contribution in [0.5, 0.6) is 5.75 Å². The molecule has 1 aromatic carbocycles. The Balaban J connectivity index is 2.02. The second kappa shape index (κ2) is 10.3. The molecule has 2 heterocycles. The molecule has 2 aromatic rings. The molecular weight excluding hydrogens is 455 g/mol. The normalized spacial score (nSPS) is 18.1. The zero-order valence-electron chi connectivity index (χ0n) is 19.1. The number of carbonyl (C=O) groups is 1. The first-order valence-electron chi connectivity index (χ1n) is 10.5. The molecule has 1 aliphatic rings. The van der Waals surface area contributed by atoms with E-state index in [0.717, 1.165) is 10.3 Å². The van der Waals surface area contributed by atoms with Crippen molar-refractivity contribution in [3.05, 3.63) is 64.0 Å². The van der Waals surface area contributed by atoms with Crippen LogP contribution in [-0.2, 0) is 27.0 Å². The molecule has 1 aliphatic heterocycles. The summed E-state index contributed by atoms with van der Waals surface area (Å²) in [4.78, 5) is 26.4. The van der Waals surface area contributed by atoms with Gasteiger partial charge < -0.3 is 19.1 Å². The molecule has 0 unspecified atom stereocenters. The van der Waals surface area contributed by atoms with Gasteiger partial charge in [-0.05, 0) is 24.6 Å². The number of halogens is 3. The molecule has 0 spiro atoms. The zero-order valence-corrected chi connectivity index (χ0v) is 19.1. The van der Waals surface area contributed by atoms with Crippen molar-refractivity contribution >= 4 is 11.8 Å². The number of carbonyl (C=O) groups excluding carboxylic acids is 1. The summed E-state index contributed by atoms with van der Waals surface area (Å²) in [6.45, 7) is 5.67. The van der Waals surface area contributed by atoms with Crippen molar-refractivity contribution in [3.63, 3.8) is 0 Å². The van der Waals surface area contributed by atoms with Crippen LogP contribution in [0.15, 0.2) is 47.3 Å². The highest BCUT2D eigenvalue weighted by molar-refractivity contribution is 5.80. The molecule has 11 heteroatoms. The van der Waals surface area contributed by atoms with Crippen LogP contribution in [0.3, 0.4) is 0 Å². The minimum absolute atomic E-state index is 0.0953. The van der Waals surface area contributed by atoms with Crippen LogP contribution in [0.4, 0.5) is 19.0 Å². The van der Waals surface area contributed by atoms with Crippen molar-refractivity contribution in [2.45, 2.75) is 38.2 Å². The third kappa shape index (κ3) is 5.77. The lowest BCUT2D eigenvalue weighted by Crippen LogP contribution is -2.40. The fourth-order valence-corrected chi connectivity index (χ4v) is 3.67. The van der Waals surface area contributed by atoms with E-state index in [-0.39, 0.29) is 31.9 Å². The molecule has 0 saturated carbocycles. The third-order valence-electron chi connectivity index (χ3n) is 5.35. The van der Waals surface area contributed by atoms with E-state index in [9.17, 15) is 22.8 Å². The lowest BCUT2D eigenvalue weighted by molar-refractivity contribution is -0.142. The molecule has 34 heavy (non-hydrogen) atoms. The highest BCUT2D eigenvalue weighted by Crippen LogP contribution is 2.32. The van der Waals surface area contributed by atoms with Gasteiger partial charge in [-0.25, -0.2) is 9.48 Å². The number of methoxy groups -OCH3 is 2. The van der Waals surface area contributed by atoms with Crippen molar-refractivity contribution in [1.82, 2.24) is 9.78 Å². The summed E-state index contributed by atoms with van der Waals surface area (Å²) in [5.41, 5.74) is -1.34. The number of anilines is 1. The number of aromatic nitrogens is 2. The maximum absolute atomic E-state index is 13.7. The van der Waals surface area contributed by atoms with Gasteiger partial charge in [0.25, 0.3) is 5.56 Å². The van der Waals surface area contributed by atoms with Gasteiger partial charge in [0.05, 0.1) is 33.5 Å². The molecule has 1 saturated heterocycles. The Morgan fingerprint density at radius 2 is 1.91 bits per heavy atom. The van der Waals surface area contributed by atoms with Crippen molar-refractivity contribution in [2.75, 3.05) is 32.3 Å². The Bertz CT molecular complexity index is 1100. The quantitative estimate of drug-likeness (QED) is 0.423. The number of rotatable bonds is 8. The Morgan fingerprint density at radius 3 is 2.47 bits per heavy atom. The second-order valence-electron chi connectivity index (χ2n) is 8.04. The number of nitrogens with zero attached hydrogens (tertiary/aromatic N) is 3. The number of hydrogen-bond acceptors (Lipinski definition) is 7. The molecule has 1 aromatic heterocycles. The molecule has 1 fully saturated rings. The SMILES string of the molecule is C=C(C)CO[C@H]1C[C@@H](C(=O)OC)N(c2cc(C(F)(F)F)c(=O)n(Cc3ccc(OC)cc3)n2)C1. The number of hydrogen-bond donors (Lipinski definition) is 0. The average molecular weight is 481 g/mol. The maximum Gasteiger partial charge on any atom is 0.421 e. The topological polar surface area (TPSA) is 82.9 Å². The third-order valence-corrected chi connectivity index (χ3v) is 5.35. The van der Waals surface area contributed by atoms with Crippen LogP contribution in [0.1, 0.15) is 24.5 Å². The molecule has 0 amide bonds. The van der Waals surface area contributed by atoms with Crippen molar-refractivity contribution < 1.29 is 32.2 Å². The molecule has 0 aliphatic carbocycles. The molecule has 0 radical (unpaired) electrons. The maximum atomic E-state index is 13.7. The van der Waals surface area contributed by atoms with Crippen LogP contribution in [0.25, 0.3) is 0 Å². The fourth-order valence-electron chi connectivity index (χ4n) is 3.67. The number of esters is 1. The van der Waals surface area contributed by atoms with Crippen LogP contribution < -0.4 is 15.2 Å². The second-order valence-corrected chi connectivity index (χ2v) is 8.04. The van der Waals surface area contributed by atoms with Gasteiger partial charge in [-0.15, -0.1) is 0 Å². The molecule has 184 valence electrons. The van der Waals surface area contributed by atoms with Crippen molar-refractivity contribution in [1.29, 1.82) is 0 Å². The number of ether oxygens (including phenoxy) is 3. The van der Waals surface area contributed by atoms with Gasteiger partial charge in [-0.2, -0.15) is 18.3 Å². The smallest absolute Gasteiger partial charge is 0.421 e. The van der Waals surface area contributed by atoms with Gasteiger partial charge in [0, 0.05) is 19.0 Å². The summed E-state index contributed by atoms with van der Waals surface area (Å²) in [6.07, 6.45) is -5.17. The Hall–Kier alpha value is -3.34. The summed E-state index contributed by atoms with van der Waals surface area (Å²) >= 11 is 0. The summed E-state index contributed by atoms with van der Waals surface area (Å²) in [7, 11) is 2.68. The molecule has 0 bridgehead atoms. The average Bonchev–Trinajstić information content (AvgIpc) is 3.22. The predicted molar refractivity (Wildman–Crippen MR) is 118 cm³/mol. The fraction of sp³-hybridized carbons (Fsp3) is 0.435. The Kier molecular flexibility index (Phi) is 7.65. The van der Waals surface area contributed by atoms with Crippen LogP contribution >= 0.6 is 0 Å². The van der Waals surface area contributed by atoms with E-state index in [1.807, 2.05) is 0 Å². The lowest BCUT2D eigenvalue weighted by Gasteiger charge is -2.25. The van der Waals surface area contributed by atoms with Crippen LogP contribution in [0, 0.1) is 0 Å². The Morgan fingerprint density at radius 1 is 1.24 bits per heavy atom. The van der Waals surface area contributed by atoms with Crippen molar-refractivity contribution in [3.8, 4) is 5.75 Å². The molecule has 8 nitrogen and oxygen atoms in total. The Labute approximate surface area is 194 Å². The first-order chi connectivity index (χ1) is 16.0. The van der Waals surface area contributed by atoms with E-state index in [1.165, 1.54) is 19.1 Å². The summed E-state index contributed by atoms with van der Waals surface area (Å²) < 4.78 is 57.6. The van der Waals surface area contributed by atoms with Crippen molar-refractivity contribution in [2.24, 2.45) is 0 Å². The zero-order chi connectivity index (χ0) is 25.0. The summed E-state index contributed by atoms with van der Waals surface area (Å²) in [5.74, 6) is -0.241. The van der Waals surface area contributed by atoms with Gasteiger partial charge in [0.2, 0.25) is 0 Å². The molecular formula is C23H26F3N3O5. The monoisotopic (exact) mass is 481 g/mol. The van der Waals surface area contributed by atoms with Gasteiger partial charge >= 0.3 is 12.1 Å². The van der Waals surface area contributed by atoms with E-state index >= 15 is 0 Å². The first kappa shape index (κ1) is 25.3. The number of benzene rings is 1. The highest BCUT2D eigenvalue weighted by Gasteiger charge is 2.41. The van der Waals surface area contributed by atoms with Gasteiger partial charge in [0.15, 0.2) is 5.82 Å². The number of alkyl halides is 3. The first-order valence-corrected chi connectivity index (χ1v) is 10.5. The summed E-state index contributed by atoms with van der Waals surface area (Å²) in [5, 5.41) is 4.18. The summed E-state index contributed by atoms with van der Waals surface area (Å²) in [6, 6.07) is 6.27. The van der Waals surface area contributed by atoms with Gasteiger partial charge in [-0.3, -0.25) is 4.79 Å². The standard InChI is InChI=1S/C23H26F3N3O5/c1-14(2)13-34-17-9-19(22(31)33-4)28(12-17)20-10-18(23(24,25)26)21(30)29(27-20)11-15-5-7-16(32-3)8-6-15/h5-8,10,17,19H,1,9,11-13H2,2-4H3/t17-,19-/m0/s1. The van der Waals surface area contributed by atoms with E-state index < -0.39 is 35.4 Å². The minimum Gasteiger partial charge on any atom is -0.497 e. The van der Waals surface area contributed by atoms with E-state index in [0.29, 0.717) is 17.4 Å². The van der Waals surface area contributed by atoms with Gasteiger partial charge in [0.1, 0.15) is 17.4 Å². The largest absolute Gasteiger partial charge is 0.497 e. The van der Waals surface area contributed by atoms with E-state index in [2.05, 4.69) is 11.7 Å². The predicted octanol–water partition coefficient (Wildman–Crippen LogP) is 3.03. The molecule has 2 atom stereocenters.